The summed E-state index contributed by atoms with van der Waals surface area (Å²) in [6, 6.07) is 19.5. The summed E-state index contributed by atoms with van der Waals surface area (Å²) < 4.78 is 15.5. The second-order valence-electron chi connectivity index (χ2n) is 6.96. The number of aromatic carboxylic acids is 1. The molecule has 4 nitrogen and oxygen atoms in total. The van der Waals surface area contributed by atoms with Gasteiger partial charge in [-0.3, -0.25) is 4.99 Å². The lowest BCUT2D eigenvalue weighted by Crippen LogP contribution is -1.98. The Morgan fingerprint density at radius 2 is 1.97 bits per heavy atom. The van der Waals surface area contributed by atoms with Gasteiger partial charge in [0, 0.05) is 29.9 Å². The lowest BCUT2D eigenvalue weighted by atomic mass is 10.1. The summed E-state index contributed by atoms with van der Waals surface area (Å²) in [5.41, 5.74) is 4.63. The highest BCUT2D eigenvalue weighted by Gasteiger charge is 2.06. The first kappa shape index (κ1) is 18.6. The summed E-state index contributed by atoms with van der Waals surface area (Å²) >= 11 is 0. The Bertz CT molecular complexity index is 1240. The predicted molar refractivity (Wildman–Crippen MR) is 113 cm³/mol. The molecule has 1 heterocycles. The van der Waals surface area contributed by atoms with E-state index in [1.165, 1.54) is 6.07 Å². The van der Waals surface area contributed by atoms with E-state index in [0.29, 0.717) is 12.2 Å². The molecule has 144 valence electrons. The molecule has 5 heteroatoms. The zero-order chi connectivity index (χ0) is 20.4. The van der Waals surface area contributed by atoms with Gasteiger partial charge in [-0.25, -0.2) is 9.18 Å². The molecule has 3 aromatic carbocycles. The molecule has 0 saturated heterocycles. The van der Waals surface area contributed by atoms with Crippen molar-refractivity contribution in [3.8, 4) is 0 Å². The Morgan fingerprint density at radius 3 is 2.76 bits per heavy atom. The van der Waals surface area contributed by atoms with Crippen LogP contribution in [-0.4, -0.2) is 21.9 Å². The van der Waals surface area contributed by atoms with Crippen LogP contribution in [0.25, 0.3) is 10.9 Å². The lowest BCUT2D eigenvalue weighted by molar-refractivity contribution is 0.0697. The highest BCUT2D eigenvalue weighted by atomic mass is 19.1. The third kappa shape index (κ3) is 4.09. The summed E-state index contributed by atoms with van der Waals surface area (Å²) in [7, 11) is 0. The summed E-state index contributed by atoms with van der Waals surface area (Å²) in [5.74, 6) is -1.21. The second-order valence-corrected chi connectivity index (χ2v) is 6.96. The van der Waals surface area contributed by atoms with Crippen molar-refractivity contribution in [2.24, 2.45) is 4.99 Å². The monoisotopic (exact) mass is 386 g/mol. The fraction of sp³-hybridized carbons (Fsp3) is 0.0833. The molecular weight excluding hydrogens is 367 g/mol. The number of aromatic nitrogens is 1. The number of carboxylic acids is 1. The largest absolute Gasteiger partial charge is 0.478 e. The number of halogens is 1. The number of hydrogen-bond acceptors (Lipinski definition) is 2. The number of fused-ring (bicyclic) bond motifs is 1. The Kier molecular flexibility index (Phi) is 4.96. The standard InChI is InChI=1S/C24H19FN2O2/c1-16-5-7-20(24(28)29)13-22(16)26-14-17-6-8-23-19(11-17)9-10-27(23)15-18-3-2-4-21(25)12-18/h2-14H,15H2,1H3,(H,28,29). The maximum absolute atomic E-state index is 13.4. The molecule has 0 bridgehead atoms. The molecule has 0 saturated carbocycles. The molecular formula is C24H19FN2O2. The summed E-state index contributed by atoms with van der Waals surface area (Å²) in [6.07, 6.45) is 3.72. The fourth-order valence-electron chi connectivity index (χ4n) is 3.29. The van der Waals surface area contributed by atoms with Crippen LogP contribution >= 0.6 is 0 Å². The lowest BCUT2D eigenvalue weighted by Gasteiger charge is -2.06. The van der Waals surface area contributed by atoms with Gasteiger partial charge in [-0.05, 0) is 66.1 Å². The van der Waals surface area contributed by atoms with E-state index >= 15 is 0 Å². The van der Waals surface area contributed by atoms with E-state index in [2.05, 4.69) is 9.56 Å². The normalized spacial score (nSPS) is 11.4. The third-order valence-corrected chi connectivity index (χ3v) is 4.85. The predicted octanol–water partition coefficient (Wildman–Crippen LogP) is 5.59. The molecule has 0 fully saturated rings. The second kappa shape index (κ2) is 7.72. The summed E-state index contributed by atoms with van der Waals surface area (Å²) in [4.78, 5) is 15.6. The van der Waals surface area contributed by atoms with Gasteiger partial charge in [0.1, 0.15) is 5.82 Å². The van der Waals surface area contributed by atoms with Crippen LogP contribution in [0.4, 0.5) is 10.1 Å². The van der Waals surface area contributed by atoms with Crippen molar-refractivity contribution in [1.82, 2.24) is 4.57 Å². The van der Waals surface area contributed by atoms with Crippen molar-refractivity contribution in [2.45, 2.75) is 13.5 Å². The average molecular weight is 386 g/mol. The SMILES string of the molecule is Cc1ccc(C(=O)O)cc1N=Cc1ccc2c(ccn2Cc2cccc(F)c2)c1. The van der Waals surface area contributed by atoms with Gasteiger partial charge in [0.2, 0.25) is 0 Å². The number of nitrogens with zero attached hydrogens (tertiary/aromatic N) is 2. The van der Waals surface area contributed by atoms with E-state index < -0.39 is 5.97 Å². The number of hydrogen-bond donors (Lipinski definition) is 1. The van der Waals surface area contributed by atoms with Gasteiger partial charge >= 0.3 is 5.97 Å². The highest BCUT2D eigenvalue weighted by molar-refractivity contribution is 5.92. The van der Waals surface area contributed by atoms with Gasteiger partial charge in [-0.15, -0.1) is 0 Å². The van der Waals surface area contributed by atoms with Crippen LogP contribution < -0.4 is 0 Å². The molecule has 0 aliphatic carbocycles. The molecule has 0 spiro atoms. The van der Waals surface area contributed by atoms with Crippen LogP contribution in [0.3, 0.4) is 0 Å². The van der Waals surface area contributed by atoms with Crippen molar-refractivity contribution in [2.75, 3.05) is 0 Å². The maximum atomic E-state index is 13.4. The average Bonchev–Trinajstić information content (AvgIpc) is 3.09. The topological polar surface area (TPSA) is 54.6 Å². The first-order chi connectivity index (χ1) is 14.0. The first-order valence-electron chi connectivity index (χ1n) is 9.21. The summed E-state index contributed by atoms with van der Waals surface area (Å²) in [6.45, 7) is 2.49. The quantitative estimate of drug-likeness (QED) is 0.455. The molecule has 1 N–H and O–H groups in total. The van der Waals surface area contributed by atoms with Crippen LogP contribution in [0.1, 0.15) is 27.0 Å². The number of benzene rings is 3. The van der Waals surface area contributed by atoms with Crippen molar-refractivity contribution >= 4 is 28.8 Å². The van der Waals surface area contributed by atoms with Crippen molar-refractivity contribution in [1.29, 1.82) is 0 Å². The first-order valence-corrected chi connectivity index (χ1v) is 9.21. The highest BCUT2D eigenvalue weighted by Crippen LogP contribution is 2.22. The minimum Gasteiger partial charge on any atom is -0.478 e. The molecule has 0 aliphatic heterocycles. The van der Waals surface area contributed by atoms with Crippen LogP contribution in [-0.2, 0) is 6.54 Å². The number of aliphatic imine (C=N–C) groups is 1. The Labute approximate surface area is 167 Å². The Morgan fingerprint density at radius 1 is 1.10 bits per heavy atom. The minimum absolute atomic E-state index is 0.215. The molecule has 4 rings (SSSR count). The van der Waals surface area contributed by atoms with Crippen LogP contribution in [0.5, 0.6) is 0 Å². The zero-order valence-electron chi connectivity index (χ0n) is 15.8. The molecule has 0 unspecified atom stereocenters. The molecule has 1 aromatic heterocycles. The van der Waals surface area contributed by atoms with E-state index in [0.717, 1.165) is 27.6 Å². The van der Waals surface area contributed by atoms with Crippen LogP contribution in [0, 0.1) is 12.7 Å². The van der Waals surface area contributed by atoms with Gasteiger partial charge in [0.25, 0.3) is 0 Å². The molecule has 4 aromatic rings. The van der Waals surface area contributed by atoms with Gasteiger partial charge in [0.05, 0.1) is 11.3 Å². The number of rotatable bonds is 5. The van der Waals surface area contributed by atoms with Crippen molar-refractivity contribution < 1.29 is 14.3 Å². The van der Waals surface area contributed by atoms with Gasteiger partial charge in [-0.1, -0.05) is 24.3 Å². The van der Waals surface area contributed by atoms with E-state index in [4.69, 9.17) is 5.11 Å². The zero-order valence-corrected chi connectivity index (χ0v) is 15.8. The molecule has 29 heavy (non-hydrogen) atoms. The van der Waals surface area contributed by atoms with Gasteiger partial charge < -0.3 is 9.67 Å². The molecule has 0 amide bonds. The van der Waals surface area contributed by atoms with E-state index in [-0.39, 0.29) is 11.4 Å². The van der Waals surface area contributed by atoms with Crippen LogP contribution in [0.2, 0.25) is 0 Å². The van der Waals surface area contributed by atoms with Crippen molar-refractivity contribution in [3.05, 3.63) is 101 Å². The summed E-state index contributed by atoms with van der Waals surface area (Å²) in [5, 5.41) is 10.2. The molecule has 0 radical (unpaired) electrons. The number of carboxylic acid groups (broad SMARTS) is 1. The Hall–Kier alpha value is -3.73. The van der Waals surface area contributed by atoms with Crippen molar-refractivity contribution in [3.63, 3.8) is 0 Å². The molecule has 0 atom stereocenters. The van der Waals surface area contributed by atoms with E-state index in [1.807, 2.05) is 43.5 Å². The maximum Gasteiger partial charge on any atom is 0.335 e. The minimum atomic E-state index is -0.970. The fourth-order valence-corrected chi connectivity index (χ4v) is 3.29. The van der Waals surface area contributed by atoms with E-state index in [1.54, 1.807) is 36.5 Å². The van der Waals surface area contributed by atoms with Crippen LogP contribution in [0.15, 0.2) is 77.9 Å². The Balaban J connectivity index is 1.60. The number of carbonyl (C=O) groups is 1. The van der Waals surface area contributed by atoms with E-state index in [9.17, 15) is 9.18 Å². The van der Waals surface area contributed by atoms with Gasteiger partial charge in [-0.2, -0.15) is 0 Å². The molecule has 0 aliphatic rings. The third-order valence-electron chi connectivity index (χ3n) is 4.85. The van der Waals surface area contributed by atoms with Gasteiger partial charge in [0.15, 0.2) is 0 Å². The smallest absolute Gasteiger partial charge is 0.335 e. The number of aryl methyl sites for hydroxylation is 1.